The molecule has 1 heteroatoms. The standard InChI is InChI=1S/C16H24O/c1-11(2)13-6-5-12-7-8-16(3,4)10-15(17)14(12)9-13/h5-6,9,11,15,17H,7-8,10H2,1-4H3. The van der Waals surface area contributed by atoms with Crippen LogP contribution >= 0.6 is 0 Å². The summed E-state index contributed by atoms with van der Waals surface area (Å²) in [7, 11) is 0. The fourth-order valence-corrected chi connectivity index (χ4v) is 2.72. The molecule has 0 aromatic heterocycles. The molecule has 0 radical (unpaired) electrons. The number of fused-ring (bicyclic) bond motifs is 1. The minimum Gasteiger partial charge on any atom is -0.388 e. The molecule has 1 atom stereocenters. The fourth-order valence-electron chi connectivity index (χ4n) is 2.72. The normalized spacial score (nSPS) is 23.3. The molecule has 1 aromatic rings. The molecule has 0 saturated carbocycles. The molecule has 1 aromatic carbocycles. The third-order valence-corrected chi connectivity index (χ3v) is 4.01. The Labute approximate surface area is 105 Å². The first kappa shape index (κ1) is 12.6. The summed E-state index contributed by atoms with van der Waals surface area (Å²) in [5.74, 6) is 0.531. The van der Waals surface area contributed by atoms with E-state index >= 15 is 0 Å². The average molecular weight is 232 g/mol. The van der Waals surface area contributed by atoms with E-state index in [4.69, 9.17) is 0 Å². The summed E-state index contributed by atoms with van der Waals surface area (Å²) in [6.07, 6.45) is 2.85. The van der Waals surface area contributed by atoms with E-state index in [2.05, 4.69) is 45.9 Å². The van der Waals surface area contributed by atoms with Gasteiger partial charge in [0.2, 0.25) is 0 Å². The average Bonchev–Trinajstić information content (AvgIpc) is 2.35. The predicted molar refractivity (Wildman–Crippen MR) is 72.2 cm³/mol. The van der Waals surface area contributed by atoms with Crippen LogP contribution in [-0.2, 0) is 6.42 Å². The number of hydrogen-bond acceptors (Lipinski definition) is 1. The number of aliphatic hydroxyl groups excluding tert-OH is 1. The topological polar surface area (TPSA) is 20.2 Å². The van der Waals surface area contributed by atoms with Crippen LogP contribution in [0.4, 0.5) is 0 Å². The molecule has 1 N–H and O–H groups in total. The Balaban J connectivity index is 2.38. The Morgan fingerprint density at radius 2 is 2.00 bits per heavy atom. The zero-order valence-corrected chi connectivity index (χ0v) is 11.5. The molecule has 1 unspecified atom stereocenters. The Kier molecular flexibility index (Phi) is 3.31. The highest BCUT2D eigenvalue weighted by molar-refractivity contribution is 5.36. The van der Waals surface area contributed by atoms with Crippen molar-refractivity contribution >= 4 is 0 Å². The highest BCUT2D eigenvalue weighted by Crippen LogP contribution is 2.39. The van der Waals surface area contributed by atoms with Crippen molar-refractivity contribution in [1.82, 2.24) is 0 Å². The first-order valence-corrected chi connectivity index (χ1v) is 6.70. The van der Waals surface area contributed by atoms with E-state index in [9.17, 15) is 5.11 Å². The highest BCUT2D eigenvalue weighted by atomic mass is 16.3. The van der Waals surface area contributed by atoms with Gasteiger partial charge in [0, 0.05) is 0 Å². The highest BCUT2D eigenvalue weighted by Gasteiger charge is 2.28. The lowest BCUT2D eigenvalue weighted by atomic mass is 9.84. The molecule has 0 amide bonds. The molecule has 0 fully saturated rings. The van der Waals surface area contributed by atoms with Gasteiger partial charge < -0.3 is 5.11 Å². The van der Waals surface area contributed by atoms with Crippen LogP contribution in [0.1, 0.15) is 69.2 Å². The van der Waals surface area contributed by atoms with E-state index in [1.54, 1.807) is 0 Å². The van der Waals surface area contributed by atoms with Crippen molar-refractivity contribution < 1.29 is 5.11 Å². The van der Waals surface area contributed by atoms with Crippen molar-refractivity contribution in [2.45, 2.75) is 59.0 Å². The van der Waals surface area contributed by atoms with E-state index in [1.807, 2.05) is 0 Å². The fraction of sp³-hybridized carbons (Fsp3) is 0.625. The van der Waals surface area contributed by atoms with Crippen LogP contribution in [0.5, 0.6) is 0 Å². The lowest BCUT2D eigenvalue weighted by Gasteiger charge is -2.24. The maximum absolute atomic E-state index is 10.4. The second-order valence-electron chi connectivity index (χ2n) is 6.50. The third kappa shape index (κ3) is 2.71. The van der Waals surface area contributed by atoms with Gasteiger partial charge in [0.05, 0.1) is 6.10 Å². The first-order valence-electron chi connectivity index (χ1n) is 6.70. The summed E-state index contributed by atoms with van der Waals surface area (Å²) >= 11 is 0. The molecular weight excluding hydrogens is 208 g/mol. The van der Waals surface area contributed by atoms with Crippen LogP contribution in [0, 0.1) is 5.41 Å². The van der Waals surface area contributed by atoms with Gasteiger partial charge in [-0.1, -0.05) is 45.9 Å². The van der Waals surface area contributed by atoms with Crippen LogP contribution in [0.25, 0.3) is 0 Å². The maximum atomic E-state index is 10.4. The molecule has 0 saturated heterocycles. The Bertz CT molecular complexity index is 404. The van der Waals surface area contributed by atoms with Crippen molar-refractivity contribution in [2.75, 3.05) is 0 Å². The van der Waals surface area contributed by atoms with Crippen LogP contribution in [0.2, 0.25) is 0 Å². The number of aryl methyl sites for hydroxylation is 1. The quantitative estimate of drug-likeness (QED) is 0.719. The molecule has 0 bridgehead atoms. The van der Waals surface area contributed by atoms with Gasteiger partial charge in [-0.05, 0) is 47.3 Å². The summed E-state index contributed by atoms with van der Waals surface area (Å²) in [5, 5.41) is 10.4. The van der Waals surface area contributed by atoms with Crippen molar-refractivity contribution in [3.05, 3.63) is 34.9 Å². The third-order valence-electron chi connectivity index (χ3n) is 4.01. The largest absolute Gasteiger partial charge is 0.388 e. The van der Waals surface area contributed by atoms with Gasteiger partial charge in [-0.15, -0.1) is 0 Å². The molecule has 0 heterocycles. The molecule has 1 nitrogen and oxygen atoms in total. The van der Waals surface area contributed by atoms with Crippen molar-refractivity contribution in [1.29, 1.82) is 0 Å². The Hall–Kier alpha value is -0.820. The van der Waals surface area contributed by atoms with Crippen LogP contribution in [-0.4, -0.2) is 5.11 Å². The zero-order valence-electron chi connectivity index (χ0n) is 11.5. The van der Waals surface area contributed by atoms with Gasteiger partial charge in [-0.3, -0.25) is 0 Å². The summed E-state index contributed by atoms with van der Waals surface area (Å²) in [6.45, 7) is 8.92. The Morgan fingerprint density at radius 3 is 2.65 bits per heavy atom. The second kappa shape index (κ2) is 4.45. The van der Waals surface area contributed by atoms with Crippen LogP contribution in [0.15, 0.2) is 18.2 Å². The van der Waals surface area contributed by atoms with Gasteiger partial charge in [0.25, 0.3) is 0 Å². The van der Waals surface area contributed by atoms with Gasteiger partial charge in [0.1, 0.15) is 0 Å². The van der Waals surface area contributed by atoms with Crippen LogP contribution in [0.3, 0.4) is 0 Å². The molecule has 1 aliphatic carbocycles. The molecule has 2 rings (SSSR count). The number of aliphatic hydroxyl groups is 1. The lowest BCUT2D eigenvalue weighted by Crippen LogP contribution is -2.13. The van der Waals surface area contributed by atoms with Crippen molar-refractivity contribution in [3.8, 4) is 0 Å². The summed E-state index contributed by atoms with van der Waals surface area (Å²) in [5.41, 5.74) is 4.09. The van der Waals surface area contributed by atoms with Crippen LogP contribution < -0.4 is 0 Å². The Morgan fingerprint density at radius 1 is 1.29 bits per heavy atom. The van der Waals surface area contributed by atoms with E-state index in [0.717, 1.165) is 19.3 Å². The van der Waals surface area contributed by atoms with E-state index in [1.165, 1.54) is 16.7 Å². The molecule has 1 aliphatic rings. The molecule has 0 aliphatic heterocycles. The first-order chi connectivity index (χ1) is 7.89. The molecule has 0 spiro atoms. The van der Waals surface area contributed by atoms with Gasteiger partial charge in [0.15, 0.2) is 0 Å². The predicted octanol–water partition coefficient (Wildman–Crippen LogP) is 4.21. The lowest BCUT2D eigenvalue weighted by molar-refractivity contribution is 0.116. The molecule has 17 heavy (non-hydrogen) atoms. The minimum absolute atomic E-state index is 0.246. The van der Waals surface area contributed by atoms with Gasteiger partial charge >= 0.3 is 0 Å². The SMILES string of the molecule is CC(C)c1ccc2c(c1)C(O)CC(C)(C)CC2. The number of benzene rings is 1. The van der Waals surface area contributed by atoms with Crippen molar-refractivity contribution in [2.24, 2.45) is 5.41 Å². The van der Waals surface area contributed by atoms with Gasteiger partial charge in [-0.25, -0.2) is 0 Å². The number of hydrogen-bond donors (Lipinski definition) is 1. The van der Waals surface area contributed by atoms with E-state index in [-0.39, 0.29) is 11.5 Å². The minimum atomic E-state index is -0.291. The second-order valence-corrected chi connectivity index (χ2v) is 6.50. The summed E-state index contributed by atoms with van der Waals surface area (Å²) in [4.78, 5) is 0. The monoisotopic (exact) mass is 232 g/mol. The summed E-state index contributed by atoms with van der Waals surface area (Å²) in [6, 6.07) is 6.65. The maximum Gasteiger partial charge on any atom is 0.0797 e. The zero-order chi connectivity index (χ0) is 12.6. The molecular formula is C16H24O. The van der Waals surface area contributed by atoms with E-state index in [0.29, 0.717) is 5.92 Å². The number of rotatable bonds is 1. The van der Waals surface area contributed by atoms with Crippen molar-refractivity contribution in [3.63, 3.8) is 0 Å². The van der Waals surface area contributed by atoms with E-state index < -0.39 is 0 Å². The van der Waals surface area contributed by atoms with Gasteiger partial charge in [-0.2, -0.15) is 0 Å². The molecule has 94 valence electrons. The smallest absolute Gasteiger partial charge is 0.0797 e. The summed E-state index contributed by atoms with van der Waals surface area (Å²) < 4.78 is 0.